The Labute approximate surface area is 347 Å². The van der Waals surface area contributed by atoms with Gasteiger partial charge in [0, 0.05) is 48.2 Å². The van der Waals surface area contributed by atoms with E-state index >= 15 is 0 Å². The summed E-state index contributed by atoms with van der Waals surface area (Å²) in [7, 11) is 0. The molecule has 2 aromatic carbocycles. The van der Waals surface area contributed by atoms with Crippen molar-refractivity contribution in [1.29, 1.82) is 0 Å². The molecule has 4 aliphatic heterocycles. The van der Waals surface area contributed by atoms with Gasteiger partial charge in [0.25, 0.3) is 23.6 Å². The highest BCUT2D eigenvalue weighted by Crippen LogP contribution is 2.33. The van der Waals surface area contributed by atoms with Gasteiger partial charge in [-0.15, -0.1) is 0 Å². The van der Waals surface area contributed by atoms with Crippen molar-refractivity contribution in [3.63, 3.8) is 0 Å². The van der Waals surface area contributed by atoms with Gasteiger partial charge < -0.3 is 28.7 Å². The molecule has 0 saturated carbocycles. The number of amides is 8. The molecule has 2 saturated heterocycles. The number of rotatable bonds is 7. The summed E-state index contributed by atoms with van der Waals surface area (Å²) in [4.78, 5) is 108. The van der Waals surface area contributed by atoms with Crippen LogP contribution >= 0.6 is 0 Å². The molecule has 2 atom stereocenters. The Kier molecular flexibility index (Phi) is 12.6. The molecule has 2 aromatic rings. The predicted octanol–water partition coefficient (Wildman–Crippen LogP) is 3.94. The molecule has 0 N–H and O–H groups in total. The van der Waals surface area contributed by atoms with Gasteiger partial charge in [0.15, 0.2) is 0 Å². The highest BCUT2D eigenvalue weighted by Gasteiger charge is 2.48. The summed E-state index contributed by atoms with van der Waals surface area (Å²) in [6.45, 7) is 10.5. The number of nitrogens with zero attached hydrogens (tertiary/aromatic N) is 4. The summed E-state index contributed by atoms with van der Waals surface area (Å²) in [5.41, 5.74) is 1.37. The van der Waals surface area contributed by atoms with E-state index in [-0.39, 0.29) is 65.2 Å². The Bertz CT molecular complexity index is 2120. The first-order chi connectivity index (χ1) is 28.4. The van der Waals surface area contributed by atoms with Crippen LogP contribution in [0.4, 0.5) is 9.59 Å². The van der Waals surface area contributed by atoms with Crippen LogP contribution in [-0.2, 0) is 51.2 Å². The average molecular weight is 823 g/mol. The van der Waals surface area contributed by atoms with Crippen LogP contribution in [-0.4, -0.2) is 117 Å². The van der Waals surface area contributed by atoms with E-state index in [9.17, 15) is 38.4 Å². The van der Waals surface area contributed by atoms with E-state index in [1.54, 1.807) is 77.9 Å². The number of hydrogen-bond acceptors (Lipinski definition) is 12. The van der Waals surface area contributed by atoms with Crippen LogP contribution in [0, 0.1) is 23.7 Å². The SMILES string of the molecule is CC(C)(C)OC(=O)N1C(=O)CCC(N2Cc3c(C#CCOCCOCC#Cc4cccc5c4CN(C4CCC(=O)N(C(=O)OC(C)(C)C)C4=O)C5=O)cccc3C2=O)C1=O. The van der Waals surface area contributed by atoms with Gasteiger partial charge in [-0.1, -0.05) is 35.8 Å². The van der Waals surface area contributed by atoms with Crippen molar-refractivity contribution in [3.8, 4) is 23.7 Å². The van der Waals surface area contributed by atoms with E-state index < -0.39 is 70.9 Å². The normalized spacial score (nSPS) is 19.1. The smallest absolute Gasteiger partial charge is 0.424 e. The molecule has 314 valence electrons. The number of piperidine rings is 2. The molecule has 4 aliphatic rings. The molecule has 0 bridgehead atoms. The molecule has 2 fully saturated rings. The molecule has 0 spiro atoms. The first kappa shape index (κ1) is 43.2. The van der Waals surface area contributed by atoms with Crippen LogP contribution in [0.25, 0.3) is 0 Å². The van der Waals surface area contributed by atoms with Crippen LogP contribution in [0.2, 0.25) is 0 Å². The van der Waals surface area contributed by atoms with Crippen molar-refractivity contribution in [3.05, 3.63) is 69.8 Å². The second kappa shape index (κ2) is 17.5. The van der Waals surface area contributed by atoms with Crippen LogP contribution in [0.5, 0.6) is 0 Å². The molecule has 6 rings (SSSR count). The van der Waals surface area contributed by atoms with Crippen LogP contribution < -0.4 is 0 Å². The molecular weight excluding hydrogens is 777 g/mol. The molecule has 16 nitrogen and oxygen atoms in total. The predicted molar refractivity (Wildman–Crippen MR) is 210 cm³/mol. The number of carbonyl (C=O) groups excluding carboxylic acids is 8. The molecule has 0 aliphatic carbocycles. The monoisotopic (exact) mass is 822 g/mol. The van der Waals surface area contributed by atoms with Crippen LogP contribution in [0.1, 0.15) is 110 Å². The number of benzene rings is 2. The van der Waals surface area contributed by atoms with E-state index in [4.69, 9.17) is 18.9 Å². The standard InChI is InChI=1S/C44H46N4O12/c1-43(2,3)59-41(55)47-35(49)19-17-33(39(47)53)45-25-31-27(11-7-15-29(31)37(45)51)13-9-21-57-23-24-58-22-10-14-28-12-8-16-30-32(28)26-46(38(30)52)34-18-20-36(50)48(40(34)54)42(56)60-44(4,5)6/h7-8,11-12,15-16,33-34H,17-26H2,1-6H3. The fourth-order valence-corrected chi connectivity index (χ4v) is 7.19. The molecule has 0 radical (unpaired) electrons. The minimum Gasteiger partial charge on any atom is -0.443 e. The van der Waals surface area contributed by atoms with Crippen LogP contribution in [0.3, 0.4) is 0 Å². The fraction of sp³-hybridized carbons (Fsp3) is 0.455. The Balaban J connectivity index is 0.973. The van der Waals surface area contributed by atoms with Gasteiger partial charge in [0.1, 0.15) is 36.5 Å². The van der Waals surface area contributed by atoms with E-state index in [2.05, 4.69) is 23.7 Å². The number of carbonyl (C=O) groups is 8. The van der Waals surface area contributed by atoms with E-state index in [1.165, 1.54) is 9.80 Å². The Morgan fingerprint density at radius 3 is 1.37 bits per heavy atom. The highest BCUT2D eigenvalue weighted by atomic mass is 16.6. The van der Waals surface area contributed by atoms with Gasteiger partial charge >= 0.3 is 12.2 Å². The first-order valence-corrected chi connectivity index (χ1v) is 19.5. The third kappa shape index (κ3) is 9.41. The Morgan fingerprint density at radius 1 is 0.617 bits per heavy atom. The lowest BCUT2D eigenvalue weighted by Gasteiger charge is -2.35. The fourth-order valence-electron chi connectivity index (χ4n) is 7.19. The van der Waals surface area contributed by atoms with Gasteiger partial charge in [0.2, 0.25) is 11.8 Å². The third-order valence-corrected chi connectivity index (χ3v) is 9.84. The zero-order chi connectivity index (χ0) is 43.5. The summed E-state index contributed by atoms with van der Waals surface area (Å²) >= 11 is 0. The van der Waals surface area contributed by atoms with Gasteiger partial charge in [-0.3, -0.25) is 28.8 Å². The lowest BCUT2D eigenvalue weighted by molar-refractivity contribution is -0.152. The lowest BCUT2D eigenvalue weighted by Crippen LogP contribution is -2.57. The van der Waals surface area contributed by atoms with Crippen molar-refractivity contribution in [2.24, 2.45) is 0 Å². The summed E-state index contributed by atoms with van der Waals surface area (Å²) < 4.78 is 21.7. The summed E-state index contributed by atoms with van der Waals surface area (Å²) in [5, 5.41) is 0. The topological polar surface area (TPSA) is 186 Å². The minimum atomic E-state index is -1.06. The van der Waals surface area contributed by atoms with Gasteiger partial charge in [-0.2, -0.15) is 9.80 Å². The number of ether oxygens (including phenoxy) is 4. The molecular formula is C44H46N4O12. The number of fused-ring (bicyclic) bond motifs is 2. The minimum absolute atomic E-state index is 0.0678. The number of likely N-dealkylation sites (tertiary alicyclic amines) is 2. The maximum atomic E-state index is 13.4. The van der Waals surface area contributed by atoms with Crippen molar-refractivity contribution < 1.29 is 57.3 Å². The van der Waals surface area contributed by atoms with Crippen molar-refractivity contribution in [1.82, 2.24) is 19.6 Å². The van der Waals surface area contributed by atoms with Gasteiger partial charge in [0.05, 0.1) is 13.2 Å². The largest absolute Gasteiger partial charge is 0.443 e. The Morgan fingerprint density at radius 2 is 1.00 bits per heavy atom. The summed E-state index contributed by atoms with van der Waals surface area (Å²) in [6.07, 6.45) is -2.15. The summed E-state index contributed by atoms with van der Waals surface area (Å²) in [6, 6.07) is 8.18. The molecule has 16 heteroatoms. The zero-order valence-corrected chi connectivity index (χ0v) is 34.4. The van der Waals surface area contributed by atoms with E-state index in [0.29, 0.717) is 43.2 Å². The van der Waals surface area contributed by atoms with Crippen molar-refractivity contribution in [2.75, 3.05) is 26.4 Å². The molecule has 60 heavy (non-hydrogen) atoms. The lowest BCUT2D eigenvalue weighted by atomic mass is 10.0. The van der Waals surface area contributed by atoms with E-state index in [1.807, 2.05) is 0 Å². The van der Waals surface area contributed by atoms with E-state index in [0.717, 1.165) is 0 Å². The zero-order valence-electron chi connectivity index (χ0n) is 34.4. The third-order valence-electron chi connectivity index (χ3n) is 9.84. The van der Waals surface area contributed by atoms with Gasteiger partial charge in [-0.05, 0) is 89.8 Å². The molecule has 0 aromatic heterocycles. The first-order valence-electron chi connectivity index (χ1n) is 19.5. The summed E-state index contributed by atoms with van der Waals surface area (Å²) in [5.74, 6) is 8.21. The van der Waals surface area contributed by atoms with Gasteiger partial charge in [-0.25, -0.2) is 9.59 Å². The molecule has 2 unspecified atom stereocenters. The quantitative estimate of drug-likeness (QED) is 0.223. The maximum Gasteiger partial charge on any atom is 0.424 e. The number of hydrogen-bond donors (Lipinski definition) is 0. The highest BCUT2D eigenvalue weighted by molar-refractivity contribution is 6.14. The molecule has 4 heterocycles. The Hall–Kier alpha value is -6.36. The van der Waals surface area contributed by atoms with Crippen molar-refractivity contribution >= 4 is 47.6 Å². The molecule has 8 amide bonds. The van der Waals surface area contributed by atoms with Crippen molar-refractivity contribution in [2.45, 2.75) is 104 Å². The number of imide groups is 6. The maximum absolute atomic E-state index is 13.4. The second-order valence-electron chi connectivity index (χ2n) is 16.4. The second-order valence-corrected chi connectivity index (χ2v) is 16.4. The average Bonchev–Trinajstić information content (AvgIpc) is 3.67. The van der Waals surface area contributed by atoms with Crippen LogP contribution in [0.15, 0.2) is 36.4 Å².